The molecule has 3 aromatic rings. The van der Waals surface area contributed by atoms with E-state index >= 15 is 0 Å². The molecule has 29 heavy (non-hydrogen) atoms. The van der Waals surface area contributed by atoms with Crippen molar-refractivity contribution in [2.45, 2.75) is 30.4 Å². The number of amides is 1. The van der Waals surface area contributed by atoms with Crippen LogP contribution in [0.2, 0.25) is 0 Å². The molecule has 7 nitrogen and oxygen atoms in total. The average molecular weight is 413 g/mol. The summed E-state index contributed by atoms with van der Waals surface area (Å²) in [6, 6.07) is 16.8. The maximum Gasteiger partial charge on any atom is 0.237 e. The van der Waals surface area contributed by atoms with Crippen molar-refractivity contribution in [2.75, 3.05) is 12.4 Å². The van der Waals surface area contributed by atoms with Gasteiger partial charge in [-0.15, -0.1) is 10.2 Å². The third kappa shape index (κ3) is 5.29. The summed E-state index contributed by atoms with van der Waals surface area (Å²) in [5.74, 6) is 2.09. The molecule has 1 heterocycles. The summed E-state index contributed by atoms with van der Waals surface area (Å²) >= 11 is 1.35. The summed E-state index contributed by atoms with van der Waals surface area (Å²) in [6.45, 7) is 3.76. The molecule has 3 rings (SSSR count). The minimum Gasteiger partial charge on any atom is -0.497 e. The number of methoxy groups -OCH3 is 1. The number of hydrogen-bond acceptors (Lipinski definition) is 6. The van der Waals surface area contributed by atoms with Crippen molar-refractivity contribution in [3.05, 3.63) is 60.4 Å². The van der Waals surface area contributed by atoms with E-state index in [2.05, 4.69) is 15.5 Å². The maximum absolute atomic E-state index is 12.5. The summed E-state index contributed by atoms with van der Waals surface area (Å²) in [4.78, 5) is 12.5. The van der Waals surface area contributed by atoms with Crippen LogP contribution in [0.25, 0.3) is 0 Å². The third-order valence-electron chi connectivity index (χ3n) is 4.30. The van der Waals surface area contributed by atoms with E-state index in [1.165, 1.54) is 11.8 Å². The fourth-order valence-electron chi connectivity index (χ4n) is 2.67. The lowest BCUT2D eigenvalue weighted by Crippen LogP contribution is -2.22. The van der Waals surface area contributed by atoms with Gasteiger partial charge in [-0.2, -0.15) is 0 Å². The number of carbonyl (C=O) groups excluding carboxylic acids is 1. The van der Waals surface area contributed by atoms with E-state index in [1.807, 2.05) is 55.8 Å². The largest absolute Gasteiger partial charge is 0.497 e. The first-order valence-corrected chi connectivity index (χ1v) is 10.1. The van der Waals surface area contributed by atoms with E-state index in [0.717, 1.165) is 11.5 Å². The van der Waals surface area contributed by atoms with Crippen molar-refractivity contribution in [3.8, 4) is 11.5 Å². The molecular weight excluding hydrogens is 388 g/mol. The number of aromatic nitrogens is 3. The SMILES string of the molecule is COc1ccc(NC(=O)[C@@H](C)Sc2nnc([C@@H](C)Oc3ccccc3)n2C)cc1. The van der Waals surface area contributed by atoms with Crippen LogP contribution in [-0.4, -0.2) is 33.0 Å². The van der Waals surface area contributed by atoms with Gasteiger partial charge in [0.15, 0.2) is 17.1 Å². The van der Waals surface area contributed by atoms with Crippen LogP contribution in [0.3, 0.4) is 0 Å². The minimum absolute atomic E-state index is 0.113. The highest BCUT2D eigenvalue weighted by Gasteiger charge is 2.21. The smallest absolute Gasteiger partial charge is 0.237 e. The van der Waals surface area contributed by atoms with Crippen LogP contribution in [0.1, 0.15) is 25.8 Å². The number of carbonyl (C=O) groups is 1. The Morgan fingerprint density at radius 3 is 2.38 bits per heavy atom. The molecule has 0 bridgehead atoms. The zero-order valence-electron chi connectivity index (χ0n) is 16.8. The van der Waals surface area contributed by atoms with E-state index in [0.29, 0.717) is 16.7 Å². The molecule has 152 valence electrons. The van der Waals surface area contributed by atoms with Gasteiger partial charge in [0.1, 0.15) is 11.5 Å². The molecule has 2 atom stereocenters. The number of nitrogens with zero attached hydrogens (tertiary/aromatic N) is 3. The molecule has 1 amide bonds. The molecule has 2 aromatic carbocycles. The zero-order chi connectivity index (χ0) is 20.8. The molecule has 0 saturated heterocycles. The quantitative estimate of drug-likeness (QED) is 0.562. The second-order valence-corrected chi connectivity index (χ2v) is 7.76. The topological polar surface area (TPSA) is 78.3 Å². The molecule has 8 heteroatoms. The van der Waals surface area contributed by atoms with E-state index in [4.69, 9.17) is 9.47 Å². The number of rotatable bonds is 8. The number of nitrogens with one attached hydrogen (secondary N) is 1. The van der Waals surface area contributed by atoms with E-state index < -0.39 is 0 Å². The Morgan fingerprint density at radius 2 is 1.72 bits per heavy atom. The van der Waals surface area contributed by atoms with Gasteiger partial charge in [0, 0.05) is 12.7 Å². The van der Waals surface area contributed by atoms with Crippen LogP contribution in [0.15, 0.2) is 59.8 Å². The fourth-order valence-corrected chi connectivity index (χ4v) is 3.49. The molecule has 0 spiro atoms. The molecule has 0 saturated carbocycles. The molecule has 0 radical (unpaired) electrons. The molecular formula is C21H24N4O3S. The van der Waals surface area contributed by atoms with Crippen LogP contribution in [0, 0.1) is 0 Å². The van der Waals surface area contributed by atoms with Crippen LogP contribution >= 0.6 is 11.8 Å². The van der Waals surface area contributed by atoms with E-state index in [9.17, 15) is 4.79 Å². The standard InChI is InChI=1S/C21H24N4O3S/c1-14(28-18-8-6-5-7-9-18)19-23-24-21(25(19)3)29-15(2)20(26)22-16-10-12-17(27-4)13-11-16/h5-15H,1-4H3,(H,22,26)/t14-,15-/m1/s1. The molecule has 1 N–H and O–H groups in total. The zero-order valence-corrected chi connectivity index (χ0v) is 17.6. The molecule has 0 unspecified atom stereocenters. The maximum atomic E-state index is 12.5. The Labute approximate surface area is 174 Å². The van der Waals surface area contributed by atoms with Gasteiger partial charge in [-0.25, -0.2) is 0 Å². The Bertz CT molecular complexity index is 944. The Hall–Kier alpha value is -3.00. The number of benzene rings is 2. The summed E-state index contributed by atoms with van der Waals surface area (Å²) in [6.07, 6.45) is -0.271. The molecule has 0 aliphatic heterocycles. The van der Waals surface area contributed by atoms with Crippen LogP contribution in [0.4, 0.5) is 5.69 Å². The van der Waals surface area contributed by atoms with Gasteiger partial charge in [-0.05, 0) is 50.2 Å². The monoisotopic (exact) mass is 412 g/mol. The normalized spacial score (nSPS) is 12.8. The molecule has 1 aromatic heterocycles. The number of thioether (sulfide) groups is 1. The van der Waals surface area contributed by atoms with Crippen molar-refractivity contribution in [1.29, 1.82) is 0 Å². The number of anilines is 1. The highest BCUT2D eigenvalue weighted by atomic mass is 32.2. The fraction of sp³-hybridized carbons (Fsp3) is 0.286. The third-order valence-corrected chi connectivity index (χ3v) is 5.43. The Morgan fingerprint density at radius 1 is 1.03 bits per heavy atom. The predicted octanol–water partition coefficient (Wildman–Crippen LogP) is 4.08. The van der Waals surface area contributed by atoms with Gasteiger partial charge in [0.2, 0.25) is 5.91 Å². The highest BCUT2D eigenvalue weighted by Crippen LogP contribution is 2.26. The van der Waals surface area contributed by atoms with Crippen molar-refractivity contribution in [2.24, 2.45) is 7.05 Å². The second-order valence-electron chi connectivity index (χ2n) is 6.45. The first-order valence-electron chi connectivity index (χ1n) is 9.20. The van der Waals surface area contributed by atoms with Crippen molar-refractivity contribution >= 4 is 23.4 Å². The van der Waals surface area contributed by atoms with Gasteiger partial charge in [-0.1, -0.05) is 30.0 Å². The molecule has 0 fully saturated rings. The van der Waals surface area contributed by atoms with Gasteiger partial charge in [0.25, 0.3) is 0 Å². The van der Waals surface area contributed by atoms with Gasteiger partial charge in [-0.3, -0.25) is 4.79 Å². The highest BCUT2D eigenvalue weighted by molar-refractivity contribution is 8.00. The minimum atomic E-state index is -0.349. The first kappa shape index (κ1) is 20.7. The van der Waals surface area contributed by atoms with E-state index in [1.54, 1.807) is 31.4 Å². The summed E-state index contributed by atoms with van der Waals surface area (Å²) in [5.41, 5.74) is 0.715. The van der Waals surface area contributed by atoms with Crippen molar-refractivity contribution < 1.29 is 14.3 Å². The van der Waals surface area contributed by atoms with Crippen LogP contribution in [0.5, 0.6) is 11.5 Å². The van der Waals surface area contributed by atoms with E-state index in [-0.39, 0.29) is 17.3 Å². The number of para-hydroxylation sites is 1. The number of hydrogen-bond donors (Lipinski definition) is 1. The van der Waals surface area contributed by atoms with Gasteiger partial charge in [0.05, 0.1) is 12.4 Å². The predicted molar refractivity (Wildman–Crippen MR) is 113 cm³/mol. The lowest BCUT2D eigenvalue weighted by atomic mass is 10.3. The van der Waals surface area contributed by atoms with Crippen LogP contribution < -0.4 is 14.8 Å². The van der Waals surface area contributed by atoms with Gasteiger partial charge >= 0.3 is 0 Å². The first-order chi connectivity index (χ1) is 14.0. The number of ether oxygens (including phenoxy) is 2. The average Bonchev–Trinajstić information content (AvgIpc) is 3.09. The molecule has 0 aliphatic carbocycles. The lowest BCUT2D eigenvalue weighted by Gasteiger charge is -2.15. The molecule has 0 aliphatic rings. The Kier molecular flexibility index (Phi) is 6.77. The summed E-state index contributed by atoms with van der Waals surface area (Å²) < 4.78 is 12.9. The van der Waals surface area contributed by atoms with Crippen molar-refractivity contribution in [3.63, 3.8) is 0 Å². The Balaban J connectivity index is 1.61. The van der Waals surface area contributed by atoms with Gasteiger partial charge < -0.3 is 19.4 Å². The van der Waals surface area contributed by atoms with Crippen LogP contribution in [-0.2, 0) is 11.8 Å². The lowest BCUT2D eigenvalue weighted by molar-refractivity contribution is -0.115. The summed E-state index contributed by atoms with van der Waals surface area (Å²) in [5, 5.41) is 11.7. The second kappa shape index (κ2) is 9.47. The summed E-state index contributed by atoms with van der Waals surface area (Å²) in [7, 11) is 3.48. The van der Waals surface area contributed by atoms with Crippen molar-refractivity contribution in [1.82, 2.24) is 14.8 Å².